The van der Waals surface area contributed by atoms with Crippen LogP contribution in [-0.4, -0.2) is 47.1 Å². The van der Waals surface area contributed by atoms with Crippen LogP contribution >= 0.6 is 0 Å². The third-order valence-corrected chi connectivity index (χ3v) is 3.90. The van der Waals surface area contributed by atoms with Crippen molar-refractivity contribution < 1.29 is 18.7 Å². The third kappa shape index (κ3) is 3.73. The van der Waals surface area contributed by atoms with Crippen molar-refractivity contribution in [3.8, 4) is 5.75 Å². The molecule has 0 saturated carbocycles. The van der Waals surface area contributed by atoms with Crippen molar-refractivity contribution in [2.75, 3.05) is 26.4 Å². The van der Waals surface area contributed by atoms with Crippen molar-refractivity contribution in [3.63, 3.8) is 0 Å². The molecule has 1 aromatic heterocycles. The second-order valence-corrected chi connectivity index (χ2v) is 5.66. The summed E-state index contributed by atoms with van der Waals surface area (Å²) < 4.78 is 24.4. The molecule has 0 spiro atoms. The molecule has 0 radical (unpaired) electrons. The SMILES string of the molecule is Cc1cnc([C@@H]2COCCN2C(=O)CCOc2ccccc2F)[nH]1. The fourth-order valence-electron chi connectivity index (χ4n) is 2.68. The van der Waals surface area contributed by atoms with Crippen LogP contribution in [-0.2, 0) is 9.53 Å². The number of carbonyl (C=O) groups is 1. The van der Waals surface area contributed by atoms with Crippen LogP contribution in [0, 0.1) is 12.7 Å². The van der Waals surface area contributed by atoms with Gasteiger partial charge < -0.3 is 19.4 Å². The highest BCUT2D eigenvalue weighted by Crippen LogP contribution is 2.23. The van der Waals surface area contributed by atoms with Gasteiger partial charge in [0.25, 0.3) is 0 Å². The van der Waals surface area contributed by atoms with E-state index in [1.807, 2.05) is 6.92 Å². The maximum absolute atomic E-state index is 13.5. The van der Waals surface area contributed by atoms with Crippen LogP contribution in [0.15, 0.2) is 30.5 Å². The number of hydrogen-bond donors (Lipinski definition) is 1. The Kier molecular flexibility index (Phi) is 5.10. The Morgan fingerprint density at radius 1 is 1.50 bits per heavy atom. The van der Waals surface area contributed by atoms with Gasteiger partial charge in [-0.2, -0.15) is 0 Å². The van der Waals surface area contributed by atoms with Crippen LogP contribution in [0.25, 0.3) is 0 Å². The molecule has 1 aliphatic rings. The van der Waals surface area contributed by atoms with E-state index < -0.39 is 5.82 Å². The number of nitrogens with zero attached hydrogens (tertiary/aromatic N) is 2. The average Bonchev–Trinajstić information content (AvgIpc) is 3.03. The summed E-state index contributed by atoms with van der Waals surface area (Å²) in [7, 11) is 0. The smallest absolute Gasteiger partial charge is 0.226 e. The van der Waals surface area contributed by atoms with Crippen molar-refractivity contribution in [1.82, 2.24) is 14.9 Å². The highest BCUT2D eigenvalue weighted by molar-refractivity contribution is 5.76. The lowest BCUT2D eigenvalue weighted by Crippen LogP contribution is -2.44. The number of H-pyrrole nitrogens is 1. The summed E-state index contributed by atoms with van der Waals surface area (Å²) >= 11 is 0. The highest BCUT2D eigenvalue weighted by atomic mass is 19.1. The molecule has 6 nitrogen and oxygen atoms in total. The number of ether oxygens (including phenoxy) is 2. The summed E-state index contributed by atoms with van der Waals surface area (Å²) in [5.74, 6) is 0.384. The summed E-state index contributed by atoms with van der Waals surface area (Å²) in [6, 6.07) is 5.93. The van der Waals surface area contributed by atoms with E-state index in [0.717, 1.165) is 11.5 Å². The number of imidazole rings is 1. The minimum Gasteiger partial charge on any atom is -0.490 e. The molecule has 1 aromatic carbocycles. The zero-order valence-electron chi connectivity index (χ0n) is 13.5. The largest absolute Gasteiger partial charge is 0.490 e. The standard InChI is InChI=1S/C17H20FN3O3/c1-12-10-19-17(20-12)14-11-23-9-7-21(14)16(22)6-8-24-15-5-3-2-4-13(15)18/h2-5,10,14H,6-9,11H2,1H3,(H,19,20)/t14-/m0/s1. The van der Waals surface area contributed by atoms with E-state index in [9.17, 15) is 9.18 Å². The summed E-state index contributed by atoms with van der Waals surface area (Å²) in [5.41, 5.74) is 0.936. The lowest BCUT2D eigenvalue weighted by Gasteiger charge is -2.34. The van der Waals surface area contributed by atoms with Crippen LogP contribution in [0.1, 0.15) is 24.0 Å². The van der Waals surface area contributed by atoms with Gasteiger partial charge in [-0.05, 0) is 19.1 Å². The first-order valence-electron chi connectivity index (χ1n) is 7.91. The molecule has 1 aliphatic heterocycles. The number of benzene rings is 1. The fraction of sp³-hybridized carbons (Fsp3) is 0.412. The van der Waals surface area contributed by atoms with Crippen molar-refractivity contribution in [3.05, 3.63) is 47.8 Å². The number of morpholine rings is 1. The number of nitrogens with one attached hydrogen (secondary N) is 1. The van der Waals surface area contributed by atoms with E-state index in [1.54, 1.807) is 29.3 Å². The minimum atomic E-state index is -0.430. The van der Waals surface area contributed by atoms with Gasteiger partial charge in [0.2, 0.25) is 5.91 Å². The molecule has 1 N–H and O–H groups in total. The van der Waals surface area contributed by atoms with Gasteiger partial charge in [0.15, 0.2) is 11.6 Å². The molecule has 1 saturated heterocycles. The molecule has 24 heavy (non-hydrogen) atoms. The first kappa shape index (κ1) is 16.4. The van der Waals surface area contributed by atoms with E-state index in [-0.39, 0.29) is 30.7 Å². The molecule has 1 atom stereocenters. The number of aromatic amines is 1. The number of para-hydroxylation sites is 1. The molecular formula is C17H20FN3O3. The number of rotatable bonds is 5. The van der Waals surface area contributed by atoms with E-state index in [2.05, 4.69) is 9.97 Å². The number of amides is 1. The van der Waals surface area contributed by atoms with Gasteiger partial charge in [-0.3, -0.25) is 4.79 Å². The molecule has 1 fully saturated rings. The lowest BCUT2D eigenvalue weighted by molar-refractivity contribution is -0.141. The second-order valence-electron chi connectivity index (χ2n) is 5.66. The molecule has 128 valence electrons. The maximum atomic E-state index is 13.5. The zero-order chi connectivity index (χ0) is 16.9. The Labute approximate surface area is 139 Å². The molecule has 0 unspecified atom stereocenters. The normalized spacial score (nSPS) is 17.8. The fourth-order valence-corrected chi connectivity index (χ4v) is 2.68. The number of aromatic nitrogens is 2. The molecule has 0 bridgehead atoms. The second kappa shape index (κ2) is 7.44. The van der Waals surface area contributed by atoms with E-state index in [0.29, 0.717) is 19.8 Å². The summed E-state index contributed by atoms with van der Waals surface area (Å²) in [5, 5.41) is 0. The van der Waals surface area contributed by atoms with E-state index >= 15 is 0 Å². The molecule has 7 heteroatoms. The van der Waals surface area contributed by atoms with Gasteiger partial charge >= 0.3 is 0 Å². The molecule has 1 amide bonds. The van der Waals surface area contributed by atoms with Gasteiger partial charge in [0.05, 0.1) is 26.2 Å². The molecule has 2 aromatic rings. The predicted molar refractivity (Wildman–Crippen MR) is 85.1 cm³/mol. The predicted octanol–water partition coefficient (Wildman–Crippen LogP) is 2.23. The Morgan fingerprint density at radius 2 is 2.33 bits per heavy atom. The van der Waals surface area contributed by atoms with Crippen molar-refractivity contribution >= 4 is 5.91 Å². The molecule has 3 rings (SSSR count). The summed E-state index contributed by atoms with van der Waals surface area (Å²) in [6.07, 6.45) is 1.90. The summed E-state index contributed by atoms with van der Waals surface area (Å²) in [4.78, 5) is 21.7. The van der Waals surface area contributed by atoms with Crippen molar-refractivity contribution in [2.45, 2.75) is 19.4 Å². The molecule has 0 aliphatic carbocycles. The van der Waals surface area contributed by atoms with Crippen molar-refractivity contribution in [1.29, 1.82) is 0 Å². The maximum Gasteiger partial charge on any atom is 0.226 e. The lowest BCUT2D eigenvalue weighted by atomic mass is 10.2. The van der Waals surface area contributed by atoms with Crippen molar-refractivity contribution in [2.24, 2.45) is 0 Å². The van der Waals surface area contributed by atoms with Crippen LogP contribution in [0.2, 0.25) is 0 Å². The molecular weight excluding hydrogens is 313 g/mol. The monoisotopic (exact) mass is 333 g/mol. The highest BCUT2D eigenvalue weighted by Gasteiger charge is 2.30. The van der Waals surface area contributed by atoms with Crippen LogP contribution in [0.4, 0.5) is 4.39 Å². The Morgan fingerprint density at radius 3 is 3.08 bits per heavy atom. The number of hydrogen-bond acceptors (Lipinski definition) is 4. The van der Waals surface area contributed by atoms with Gasteiger partial charge in [0.1, 0.15) is 11.9 Å². The topological polar surface area (TPSA) is 67.4 Å². The van der Waals surface area contributed by atoms with Crippen LogP contribution in [0.5, 0.6) is 5.75 Å². The third-order valence-electron chi connectivity index (χ3n) is 3.90. The van der Waals surface area contributed by atoms with Crippen LogP contribution < -0.4 is 4.74 Å². The quantitative estimate of drug-likeness (QED) is 0.911. The van der Waals surface area contributed by atoms with Crippen LogP contribution in [0.3, 0.4) is 0 Å². The Hall–Kier alpha value is -2.41. The number of aryl methyl sites for hydroxylation is 1. The van der Waals surface area contributed by atoms with Gasteiger partial charge in [-0.1, -0.05) is 12.1 Å². The molecule has 2 heterocycles. The minimum absolute atomic E-state index is 0.0614. The van der Waals surface area contributed by atoms with Gasteiger partial charge in [0, 0.05) is 18.4 Å². The Balaban J connectivity index is 1.59. The van der Waals surface area contributed by atoms with Gasteiger partial charge in [-0.25, -0.2) is 9.37 Å². The number of halogens is 1. The number of carbonyl (C=O) groups excluding carboxylic acids is 1. The first-order chi connectivity index (χ1) is 11.6. The van der Waals surface area contributed by atoms with E-state index in [1.165, 1.54) is 6.07 Å². The zero-order valence-corrected chi connectivity index (χ0v) is 13.5. The van der Waals surface area contributed by atoms with E-state index in [4.69, 9.17) is 9.47 Å². The first-order valence-corrected chi connectivity index (χ1v) is 7.91. The summed E-state index contributed by atoms with van der Waals surface area (Å²) in [6.45, 7) is 3.45. The Bertz CT molecular complexity index is 704. The average molecular weight is 333 g/mol. The van der Waals surface area contributed by atoms with Gasteiger partial charge in [-0.15, -0.1) is 0 Å².